The van der Waals surface area contributed by atoms with Gasteiger partial charge in [0.05, 0.1) is 18.5 Å². The van der Waals surface area contributed by atoms with Crippen LogP contribution in [0.25, 0.3) is 10.9 Å². The Hall–Kier alpha value is -3.72. The highest BCUT2D eigenvalue weighted by molar-refractivity contribution is 5.97. The third-order valence-electron chi connectivity index (χ3n) is 6.99. The van der Waals surface area contributed by atoms with Crippen molar-refractivity contribution in [3.8, 4) is 5.75 Å². The summed E-state index contributed by atoms with van der Waals surface area (Å²) in [4.78, 5) is 31.4. The number of nitrogens with zero attached hydrogens (tertiary/aromatic N) is 2. The minimum atomic E-state index is -1.33. The summed E-state index contributed by atoms with van der Waals surface area (Å²) < 4.78 is 25.8. The molecule has 35 heavy (non-hydrogen) atoms. The number of benzene rings is 2. The van der Waals surface area contributed by atoms with Gasteiger partial charge in [0.2, 0.25) is 5.91 Å². The van der Waals surface area contributed by atoms with Crippen molar-refractivity contribution in [2.45, 2.75) is 31.3 Å². The van der Waals surface area contributed by atoms with Crippen molar-refractivity contribution in [2.24, 2.45) is 5.92 Å². The number of methoxy groups -OCH3 is 1. The van der Waals surface area contributed by atoms with E-state index in [1.165, 1.54) is 19.2 Å². The van der Waals surface area contributed by atoms with Gasteiger partial charge in [-0.25, -0.2) is 14.9 Å². The molecule has 9 heteroatoms. The van der Waals surface area contributed by atoms with E-state index in [4.69, 9.17) is 19.7 Å². The van der Waals surface area contributed by atoms with Crippen molar-refractivity contribution in [3.05, 3.63) is 65.5 Å². The molecule has 1 aliphatic carbocycles. The maximum Gasteiger partial charge on any atom is 0.317 e. The summed E-state index contributed by atoms with van der Waals surface area (Å²) in [6, 6.07) is 14.0. The van der Waals surface area contributed by atoms with E-state index in [0.29, 0.717) is 5.56 Å². The first kappa shape index (κ1) is 23.0. The van der Waals surface area contributed by atoms with Crippen LogP contribution in [0.15, 0.2) is 48.5 Å². The van der Waals surface area contributed by atoms with Crippen molar-refractivity contribution in [3.63, 3.8) is 0 Å². The molecule has 5 rings (SSSR count). The lowest BCUT2D eigenvalue weighted by atomic mass is 9.92. The molecule has 2 N–H and O–H groups in total. The molecule has 1 amide bonds. The van der Waals surface area contributed by atoms with Gasteiger partial charge in [0, 0.05) is 24.0 Å². The summed E-state index contributed by atoms with van der Waals surface area (Å²) >= 11 is 0. The zero-order chi connectivity index (χ0) is 24.6. The highest BCUT2D eigenvalue weighted by Gasteiger charge is 2.65. The van der Waals surface area contributed by atoms with Gasteiger partial charge in [-0.05, 0) is 49.1 Å². The first-order chi connectivity index (χ1) is 17.0. The number of pyridine rings is 1. The number of fused-ring (bicyclic) bond motifs is 1. The standard InChI is InChI=1S/C26H26FN3O5/c1-34-25(32)26(14-19(26)24(31)29-33)17-8-9-22(20(27)13-17)35-15-16-12-23(30-10-4-5-11-30)28-21-7-3-2-6-18(16)21/h2-3,6-9,12-13,19,33H,4-5,10-11,14-15H2,1H3,(H,29,31)/t19-,26-/m1/s1. The minimum Gasteiger partial charge on any atom is -0.486 e. The fraction of sp³-hybridized carbons (Fsp3) is 0.346. The predicted octanol–water partition coefficient (Wildman–Crippen LogP) is 3.49. The summed E-state index contributed by atoms with van der Waals surface area (Å²) in [6.45, 7) is 2.05. The molecule has 2 heterocycles. The third-order valence-corrected chi connectivity index (χ3v) is 6.99. The fourth-order valence-electron chi connectivity index (χ4n) is 5.01. The second-order valence-corrected chi connectivity index (χ2v) is 8.98. The SMILES string of the molecule is COC(=O)[C@@]1(c2ccc(OCc3cc(N4CCCC4)nc4ccccc34)c(F)c2)C[C@@H]1C(=O)NO. The molecule has 0 spiro atoms. The van der Waals surface area contributed by atoms with Crippen molar-refractivity contribution in [2.75, 3.05) is 25.1 Å². The van der Waals surface area contributed by atoms with Crippen molar-refractivity contribution >= 4 is 28.6 Å². The van der Waals surface area contributed by atoms with Gasteiger partial charge >= 0.3 is 5.97 Å². The molecule has 3 aromatic rings. The number of carbonyl (C=O) groups is 2. The molecule has 1 saturated carbocycles. The number of nitrogens with one attached hydrogen (secondary N) is 1. The number of esters is 1. The number of halogens is 1. The van der Waals surface area contributed by atoms with Crippen LogP contribution in [0.5, 0.6) is 5.75 Å². The van der Waals surface area contributed by atoms with Gasteiger partial charge in [0.25, 0.3) is 0 Å². The van der Waals surface area contributed by atoms with Gasteiger partial charge in [-0.2, -0.15) is 0 Å². The van der Waals surface area contributed by atoms with Crippen LogP contribution in [0.4, 0.5) is 10.2 Å². The van der Waals surface area contributed by atoms with Crippen molar-refractivity contribution in [1.82, 2.24) is 10.5 Å². The molecule has 0 radical (unpaired) electrons. The Morgan fingerprint density at radius 3 is 2.69 bits per heavy atom. The summed E-state index contributed by atoms with van der Waals surface area (Å²) in [5.41, 5.74) is 2.29. The van der Waals surface area contributed by atoms with E-state index in [-0.39, 0.29) is 18.8 Å². The number of rotatable bonds is 7. The van der Waals surface area contributed by atoms with Gasteiger partial charge in [-0.15, -0.1) is 0 Å². The molecule has 2 aromatic carbocycles. The quantitative estimate of drug-likeness (QED) is 0.304. The number of hydrogen-bond donors (Lipinski definition) is 2. The number of carbonyl (C=O) groups excluding carboxylic acids is 2. The number of para-hydroxylation sites is 1. The zero-order valence-electron chi connectivity index (χ0n) is 19.3. The first-order valence-corrected chi connectivity index (χ1v) is 11.6. The Bertz CT molecular complexity index is 1290. The molecule has 2 atom stereocenters. The van der Waals surface area contributed by atoms with E-state index in [1.807, 2.05) is 30.3 Å². The van der Waals surface area contributed by atoms with Gasteiger partial charge in [-0.1, -0.05) is 24.3 Å². The van der Waals surface area contributed by atoms with Crippen molar-refractivity contribution < 1.29 is 28.7 Å². The molecule has 8 nitrogen and oxygen atoms in total. The Labute approximate surface area is 201 Å². The van der Waals surface area contributed by atoms with Crippen LogP contribution in [0.1, 0.15) is 30.4 Å². The topological polar surface area (TPSA) is 101 Å². The summed E-state index contributed by atoms with van der Waals surface area (Å²) in [7, 11) is 1.21. The molecule has 1 aromatic heterocycles. The Morgan fingerprint density at radius 1 is 1.20 bits per heavy atom. The second-order valence-electron chi connectivity index (χ2n) is 8.98. The molecule has 182 valence electrons. The van der Waals surface area contributed by atoms with E-state index in [1.54, 1.807) is 11.5 Å². The number of hydrogen-bond acceptors (Lipinski definition) is 7. The second kappa shape index (κ2) is 9.14. The van der Waals surface area contributed by atoms with E-state index in [9.17, 15) is 9.59 Å². The minimum absolute atomic E-state index is 0.0289. The zero-order valence-corrected chi connectivity index (χ0v) is 19.3. The fourth-order valence-corrected chi connectivity index (χ4v) is 5.01. The highest BCUT2D eigenvalue weighted by Crippen LogP contribution is 2.55. The normalized spacial score (nSPS) is 21.1. The molecule has 0 unspecified atom stereocenters. The molecule has 2 aliphatic rings. The maximum absolute atomic E-state index is 15.1. The van der Waals surface area contributed by atoms with Crippen LogP contribution < -0.4 is 15.1 Å². The van der Waals surface area contributed by atoms with Gasteiger partial charge in [0.1, 0.15) is 17.8 Å². The summed E-state index contributed by atoms with van der Waals surface area (Å²) in [6.07, 6.45) is 2.38. The first-order valence-electron chi connectivity index (χ1n) is 11.6. The highest BCUT2D eigenvalue weighted by atomic mass is 19.1. The largest absolute Gasteiger partial charge is 0.486 e. The van der Waals surface area contributed by atoms with E-state index in [2.05, 4.69) is 4.90 Å². The van der Waals surface area contributed by atoms with Crippen LogP contribution in [0, 0.1) is 11.7 Å². The van der Waals surface area contributed by atoms with Crippen LogP contribution >= 0.6 is 0 Å². The Kier molecular flexibility index (Phi) is 6.02. The molecule has 0 bridgehead atoms. The van der Waals surface area contributed by atoms with Crippen LogP contribution in [-0.2, 0) is 26.3 Å². The van der Waals surface area contributed by atoms with Gasteiger partial charge in [0.15, 0.2) is 11.6 Å². The van der Waals surface area contributed by atoms with Crippen LogP contribution in [0.3, 0.4) is 0 Å². The molecular formula is C26H26FN3O5. The number of hydroxylamine groups is 1. The van der Waals surface area contributed by atoms with Crippen molar-refractivity contribution in [1.29, 1.82) is 0 Å². The lowest BCUT2D eigenvalue weighted by molar-refractivity contribution is -0.146. The average Bonchev–Trinajstić information content (AvgIpc) is 3.41. The van der Waals surface area contributed by atoms with E-state index in [0.717, 1.165) is 48.2 Å². The van der Waals surface area contributed by atoms with Crippen LogP contribution in [0.2, 0.25) is 0 Å². The Balaban J connectivity index is 1.40. The number of amides is 1. The van der Waals surface area contributed by atoms with E-state index >= 15 is 4.39 Å². The maximum atomic E-state index is 15.1. The smallest absolute Gasteiger partial charge is 0.317 e. The Morgan fingerprint density at radius 2 is 1.97 bits per heavy atom. The lowest BCUT2D eigenvalue weighted by Crippen LogP contribution is -2.31. The van der Waals surface area contributed by atoms with Crippen LogP contribution in [-0.4, -0.2) is 42.3 Å². The number of aromatic nitrogens is 1. The molecule has 1 saturated heterocycles. The predicted molar refractivity (Wildman–Crippen MR) is 126 cm³/mol. The summed E-state index contributed by atoms with van der Waals surface area (Å²) in [5.74, 6) is -1.94. The summed E-state index contributed by atoms with van der Waals surface area (Å²) in [5, 5.41) is 9.90. The van der Waals surface area contributed by atoms with Gasteiger partial charge in [-0.3, -0.25) is 14.8 Å². The molecule has 1 aliphatic heterocycles. The van der Waals surface area contributed by atoms with Gasteiger partial charge < -0.3 is 14.4 Å². The van der Waals surface area contributed by atoms with E-state index < -0.39 is 29.0 Å². The molecule has 2 fully saturated rings. The monoisotopic (exact) mass is 479 g/mol. The average molecular weight is 480 g/mol. The third kappa shape index (κ3) is 4.05. The molecular weight excluding hydrogens is 453 g/mol. The number of ether oxygens (including phenoxy) is 2. The number of anilines is 1. The lowest BCUT2D eigenvalue weighted by Gasteiger charge is -2.19.